The Morgan fingerprint density at radius 2 is 1.77 bits per heavy atom. The van der Waals surface area contributed by atoms with Crippen molar-refractivity contribution in [3.05, 3.63) is 35.6 Å². The van der Waals surface area contributed by atoms with E-state index in [0.717, 1.165) is 0 Å². The summed E-state index contributed by atoms with van der Waals surface area (Å²) in [5.74, 6) is -1.94. The maximum Gasteiger partial charge on any atom is 0.226 e. The molecule has 0 radical (unpaired) electrons. The molecular formula is C19H22F2N2O3. The number of carbonyl (C=O) groups excluding carboxylic acids is 3. The van der Waals surface area contributed by atoms with Crippen LogP contribution in [0.3, 0.4) is 0 Å². The molecule has 2 fully saturated rings. The third kappa shape index (κ3) is 4.26. The minimum Gasteiger partial charge on any atom is -0.343 e. The second-order valence-electron chi connectivity index (χ2n) is 7.09. The third-order valence-electron chi connectivity index (χ3n) is 5.20. The van der Waals surface area contributed by atoms with Gasteiger partial charge in [-0.2, -0.15) is 0 Å². The van der Waals surface area contributed by atoms with Gasteiger partial charge in [-0.1, -0.05) is 18.2 Å². The van der Waals surface area contributed by atoms with Crippen LogP contribution in [0, 0.1) is 17.7 Å². The maximum atomic E-state index is 14.6. The number of likely N-dealkylation sites (tertiary alicyclic amines) is 1. The molecule has 0 spiro atoms. The molecule has 2 aliphatic rings. The van der Waals surface area contributed by atoms with E-state index in [2.05, 4.69) is 5.32 Å². The summed E-state index contributed by atoms with van der Waals surface area (Å²) in [6.07, 6.45) is 0.0436. The van der Waals surface area contributed by atoms with E-state index in [1.807, 2.05) is 0 Å². The van der Waals surface area contributed by atoms with Crippen LogP contribution >= 0.6 is 0 Å². The molecule has 140 valence electrons. The molecule has 1 aromatic rings. The Kier molecular flexibility index (Phi) is 5.64. The predicted octanol–water partition coefficient (Wildman–Crippen LogP) is 2.52. The fourth-order valence-corrected chi connectivity index (χ4v) is 3.77. The van der Waals surface area contributed by atoms with Gasteiger partial charge >= 0.3 is 0 Å². The highest BCUT2D eigenvalue weighted by atomic mass is 19.1. The normalized spacial score (nSPS) is 20.8. The fraction of sp³-hybridized carbons (Fsp3) is 0.526. The Balaban J connectivity index is 1.51. The van der Waals surface area contributed by atoms with Crippen molar-refractivity contribution in [1.29, 1.82) is 0 Å². The van der Waals surface area contributed by atoms with Crippen molar-refractivity contribution in [1.82, 2.24) is 10.2 Å². The smallest absolute Gasteiger partial charge is 0.226 e. The van der Waals surface area contributed by atoms with Crippen LogP contribution in [0.1, 0.15) is 43.8 Å². The number of alkyl halides is 1. The van der Waals surface area contributed by atoms with Crippen molar-refractivity contribution < 1.29 is 23.2 Å². The highest BCUT2D eigenvalue weighted by Gasteiger charge is 2.33. The van der Waals surface area contributed by atoms with Crippen LogP contribution in [0.4, 0.5) is 8.78 Å². The Morgan fingerprint density at radius 1 is 1.15 bits per heavy atom. The highest BCUT2D eigenvalue weighted by Crippen LogP contribution is 2.35. The summed E-state index contributed by atoms with van der Waals surface area (Å²) < 4.78 is 28.4. The Hall–Kier alpha value is -2.31. The molecule has 3 amide bonds. The number of benzene rings is 1. The van der Waals surface area contributed by atoms with Gasteiger partial charge in [-0.05, 0) is 30.7 Å². The van der Waals surface area contributed by atoms with Gasteiger partial charge in [-0.15, -0.1) is 0 Å². The topological polar surface area (TPSA) is 66.5 Å². The molecule has 1 N–H and O–H groups in total. The van der Waals surface area contributed by atoms with E-state index in [4.69, 9.17) is 0 Å². The van der Waals surface area contributed by atoms with Gasteiger partial charge in [0.2, 0.25) is 17.7 Å². The lowest BCUT2D eigenvalue weighted by atomic mass is 9.87. The van der Waals surface area contributed by atoms with Gasteiger partial charge in [0.25, 0.3) is 0 Å². The molecule has 0 saturated carbocycles. The van der Waals surface area contributed by atoms with Crippen LogP contribution in [-0.4, -0.2) is 35.7 Å². The molecule has 0 aromatic heterocycles. The minimum atomic E-state index is -1.38. The van der Waals surface area contributed by atoms with E-state index in [1.54, 1.807) is 11.0 Å². The third-order valence-corrected chi connectivity index (χ3v) is 5.20. The van der Waals surface area contributed by atoms with E-state index in [9.17, 15) is 23.2 Å². The second-order valence-corrected chi connectivity index (χ2v) is 7.09. The lowest BCUT2D eigenvalue weighted by molar-refractivity contribution is -0.137. The molecule has 2 heterocycles. The summed E-state index contributed by atoms with van der Waals surface area (Å²) >= 11 is 0. The number of hydrogen-bond acceptors (Lipinski definition) is 3. The molecule has 1 unspecified atom stereocenters. The lowest BCUT2D eigenvalue weighted by Crippen LogP contribution is -2.43. The maximum absolute atomic E-state index is 14.6. The Bertz CT molecular complexity index is 686. The largest absolute Gasteiger partial charge is 0.343 e. The summed E-state index contributed by atoms with van der Waals surface area (Å²) in [4.78, 5) is 36.8. The van der Waals surface area contributed by atoms with E-state index in [-0.39, 0.29) is 54.4 Å². The number of rotatable bonds is 4. The molecule has 0 aliphatic carbocycles. The summed E-state index contributed by atoms with van der Waals surface area (Å²) in [6, 6.07) is 5.86. The van der Waals surface area contributed by atoms with Gasteiger partial charge in [-0.3, -0.25) is 19.7 Å². The van der Waals surface area contributed by atoms with Gasteiger partial charge < -0.3 is 4.90 Å². The standard InChI is InChI=1S/C19H22F2N2O3/c20-15-4-2-1-3-14(15)19(21)13-5-7-23(8-6-13)18(26)11-12-9-16(24)22-17(25)10-12/h1-4,12-13,19H,5-11H2,(H,22,24,25). The van der Waals surface area contributed by atoms with Crippen molar-refractivity contribution in [2.24, 2.45) is 11.8 Å². The first-order valence-corrected chi connectivity index (χ1v) is 8.93. The van der Waals surface area contributed by atoms with Gasteiger partial charge in [0, 0.05) is 37.9 Å². The monoisotopic (exact) mass is 364 g/mol. The Labute approximate surface area is 150 Å². The van der Waals surface area contributed by atoms with Crippen molar-refractivity contribution in [3.8, 4) is 0 Å². The number of amides is 3. The first-order chi connectivity index (χ1) is 12.4. The molecule has 1 atom stereocenters. The van der Waals surface area contributed by atoms with Crippen molar-refractivity contribution >= 4 is 17.7 Å². The van der Waals surface area contributed by atoms with Crippen LogP contribution < -0.4 is 5.32 Å². The summed E-state index contributed by atoms with van der Waals surface area (Å²) in [7, 11) is 0. The first-order valence-electron chi connectivity index (χ1n) is 8.93. The van der Waals surface area contributed by atoms with Gasteiger partial charge in [-0.25, -0.2) is 8.78 Å². The van der Waals surface area contributed by atoms with Crippen molar-refractivity contribution in [2.45, 2.75) is 38.3 Å². The number of hydrogen-bond donors (Lipinski definition) is 1. The fourth-order valence-electron chi connectivity index (χ4n) is 3.77. The number of nitrogens with zero attached hydrogens (tertiary/aromatic N) is 1. The molecule has 5 nitrogen and oxygen atoms in total. The summed E-state index contributed by atoms with van der Waals surface area (Å²) in [5.41, 5.74) is 0.0732. The molecule has 26 heavy (non-hydrogen) atoms. The molecule has 2 saturated heterocycles. The quantitative estimate of drug-likeness (QED) is 0.835. The average molecular weight is 364 g/mol. The van der Waals surface area contributed by atoms with Crippen LogP contribution in [0.15, 0.2) is 24.3 Å². The van der Waals surface area contributed by atoms with E-state index < -0.39 is 12.0 Å². The molecule has 1 aromatic carbocycles. The zero-order valence-electron chi connectivity index (χ0n) is 14.4. The number of imide groups is 1. The number of carbonyl (C=O) groups is 3. The first kappa shape index (κ1) is 18.5. The minimum absolute atomic E-state index is 0.0732. The van der Waals surface area contributed by atoms with Crippen LogP contribution in [0.5, 0.6) is 0 Å². The molecule has 3 rings (SSSR count). The number of halogens is 2. The van der Waals surface area contributed by atoms with Crippen LogP contribution in [0.25, 0.3) is 0 Å². The summed E-state index contributed by atoms with van der Waals surface area (Å²) in [6.45, 7) is 0.816. The highest BCUT2D eigenvalue weighted by molar-refractivity contribution is 5.98. The van der Waals surface area contributed by atoms with Gasteiger partial charge in [0.15, 0.2) is 0 Å². The number of nitrogens with one attached hydrogen (secondary N) is 1. The molecule has 0 bridgehead atoms. The average Bonchev–Trinajstić information content (AvgIpc) is 2.61. The van der Waals surface area contributed by atoms with Crippen LogP contribution in [-0.2, 0) is 14.4 Å². The van der Waals surface area contributed by atoms with Gasteiger partial charge in [0.05, 0.1) is 0 Å². The van der Waals surface area contributed by atoms with Gasteiger partial charge in [0.1, 0.15) is 12.0 Å². The predicted molar refractivity (Wildman–Crippen MR) is 90.0 cm³/mol. The SMILES string of the molecule is O=C1CC(CC(=O)N2CCC(C(F)c3ccccc3F)CC2)CC(=O)N1. The number of piperidine rings is 2. The molecule has 2 aliphatic heterocycles. The van der Waals surface area contributed by atoms with E-state index >= 15 is 0 Å². The second kappa shape index (κ2) is 7.93. The van der Waals surface area contributed by atoms with E-state index in [1.165, 1.54) is 18.2 Å². The van der Waals surface area contributed by atoms with E-state index in [0.29, 0.717) is 25.9 Å². The van der Waals surface area contributed by atoms with Crippen molar-refractivity contribution in [2.75, 3.05) is 13.1 Å². The zero-order chi connectivity index (χ0) is 18.7. The van der Waals surface area contributed by atoms with Crippen LogP contribution in [0.2, 0.25) is 0 Å². The molecular weight excluding hydrogens is 342 g/mol. The Morgan fingerprint density at radius 3 is 2.38 bits per heavy atom. The lowest BCUT2D eigenvalue weighted by Gasteiger charge is -2.34. The summed E-state index contributed by atoms with van der Waals surface area (Å²) in [5, 5.41) is 2.23. The van der Waals surface area contributed by atoms with Crippen molar-refractivity contribution in [3.63, 3.8) is 0 Å². The zero-order valence-corrected chi connectivity index (χ0v) is 14.4. The molecule has 7 heteroatoms.